The molecule has 1 saturated heterocycles. The van der Waals surface area contributed by atoms with Crippen molar-refractivity contribution < 1.29 is 13.3 Å². The number of hydrogen-bond acceptors (Lipinski definition) is 5. The van der Waals surface area contributed by atoms with E-state index in [1.165, 1.54) is 16.4 Å². The second kappa shape index (κ2) is 7.84. The van der Waals surface area contributed by atoms with Crippen LogP contribution in [-0.4, -0.2) is 37.8 Å². The predicted molar refractivity (Wildman–Crippen MR) is 105 cm³/mol. The second-order valence-electron chi connectivity index (χ2n) is 6.50. The first-order valence-corrected chi connectivity index (χ1v) is 10.3. The van der Waals surface area contributed by atoms with E-state index in [4.69, 9.17) is 11.6 Å². The summed E-state index contributed by atoms with van der Waals surface area (Å²) in [7, 11) is -2.04. The Balaban J connectivity index is 2.00. The predicted octanol–water partition coefficient (Wildman–Crippen LogP) is 3.67. The molecule has 27 heavy (non-hydrogen) atoms. The van der Waals surface area contributed by atoms with Crippen LogP contribution in [0.5, 0.6) is 0 Å². The van der Waals surface area contributed by atoms with E-state index in [0.717, 1.165) is 24.5 Å². The fraction of sp³-hybridized carbons (Fsp3) is 0.333. The van der Waals surface area contributed by atoms with Crippen molar-refractivity contribution in [2.75, 3.05) is 25.0 Å². The highest BCUT2D eigenvalue weighted by Crippen LogP contribution is 2.33. The summed E-state index contributed by atoms with van der Waals surface area (Å²) in [6.45, 7) is 1.31. The van der Waals surface area contributed by atoms with Gasteiger partial charge in [-0.25, -0.2) is 8.42 Å². The standard InChI is InChI=1S/C18H20ClN3O4S/c1-20(13-14-4-6-15(19)7-5-14)17-9-8-16(22(23)24)12-18(17)27(25,26)21-10-2-3-11-21/h4-9,12H,2-3,10-11,13H2,1H3. The monoisotopic (exact) mass is 409 g/mol. The van der Waals surface area contributed by atoms with Crippen molar-refractivity contribution >= 4 is 33.0 Å². The average molecular weight is 410 g/mol. The Labute approximate surface area is 163 Å². The highest BCUT2D eigenvalue weighted by molar-refractivity contribution is 7.89. The van der Waals surface area contributed by atoms with Crippen molar-refractivity contribution in [1.82, 2.24) is 4.31 Å². The van der Waals surface area contributed by atoms with E-state index in [1.54, 1.807) is 24.1 Å². The van der Waals surface area contributed by atoms with Gasteiger partial charge in [0.2, 0.25) is 10.0 Å². The molecule has 0 unspecified atom stereocenters. The van der Waals surface area contributed by atoms with Crippen molar-refractivity contribution in [3.8, 4) is 0 Å². The minimum atomic E-state index is -3.80. The van der Waals surface area contributed by atoms with Crippen molar-refractivity contribution in [3.63, 3.8) is 0 Å². The fourth-order valence-corrected chi connectivity index (χ4v) is 5.06. The van der Waals surface area contributed by atoms with E-state index < -0.39 is 14.9 Å². The topological polar surface area (TPSA) is 83.8 Å². The zero-order valence-corrected chi connectivity index (χ0v) is 16.4. The van der Waals surface area contributed by atoms with Gasteiger partial charge in [-0.1, -0.05) is 23.7 Å². The van der Waals surface area contributed by atoms with Gasteiger partial charge in [0.15, 0.2) is 0 Å². The normalized spacial score (nSPS) is 15.0. The molecule has 0 aromatic heterocycles. The van der Waals surface area contributed by atoms with Crippen LogP contribution in [0.25, 0.3) is 0 Å². The number of halogens is 1. The Morgan fingerprint density at radius 3 is 2.37 bits per heavy atom. The Kier molecular flexibility index (Phi) is 5.69. The second-order valence-corrected chi connectivity index (χ2v) is 8.85. The molecule has 0 spiro atoms. The third kappa shape index (κ3) is 4.23. The number of anilines is 1. The lowest BCUT2D eigenvalue weighted by Crippen LogP contribution is -2.30. The van der Waals surface area contributed by atoms with E-state index in [-0.39, 0.29) is 10.6 Å². The van der Waals surface area contributed by atoms with Gasteiger partial charge in [-0.2, -0.15) is 4.31 Å². The summed E-state index contributed by atoms with van der Waals surface area (Å²) < 4.78 is 27.6. The molecule has 0 atom stereocenters. The van der Waals surface area contributed by atoms with E-state index >= 15 is 0 Å². The Hall–Kier alpha value is -2.16. The molecule has 1 aliphatic rings. The zero-order chi connectivity index (χ0) is 19.6. The maximum absolute atomic E-state index is 13.1. The van der Waals surface area contributed by atoms with Gasteiger partial charge in [0.25, 0.3) is 5.69 Å². The first-order chi connectivity index (χ1) is 12.8. The maximum Gasteiger partial charge on any atom is 0.270 e. The number of nitrogens with zero attached hydrogens (tertiary/aromatic N) is 3. The van der Waals surface area contributed by atoms with E-state index in [0.29, 0.717) is 30.3 Å². The van der Waals surface area contributed by atoms with Gasteiger partial charge in [-0.3, -0.25) is 10.1 Å². The van der Waals surface area contributed by atoms with Gasteiger partial charge in [0.05, 0.1) is 10.6 Å². The smallest absolute Gasteiger partial charge is 0.270 e. The summed E-state index contributed by atoms with van der Waals surface area (Å²) in [5.74, 6) is 0. The number of benzene rings is 2. The fourth-order valence-electron chi connectivity index (χ4n) is 3.15. The molecular weight excluding hydrogens is 390 g/mol. The van der Waals surface area contributed by atoms with E-state index in [2.05, 4.69) is 0 Å². The van der Waals surface area contributed by atoms with Gasteiger partial charge < -0.3 is 4.90 Å². The highest BCUT2D eigenvalue weighted by atomic mass is 35.5. The van der Waals surface area contributed by atoms with Crippen LogP contribution in [0.15, 0.2) is 47.4 Å². The van der Waals surface area contributed by atoms with Crippen molar-refractivity contribution in [2.45, 2.75) is 24.3 Å². The highest BCUT2D eigenvalue weighted by Gasteiger charge is 2.31. The largest absolute Gasteiger partial charge is 0.369 e. The first-order valence-electron chi connectivity index (χ1n) is 8.53. The molecule has 2 aromatic rings. The molecule has 0 radical (unpaired) electrons. The SMILES string of the molecule is CN(Cc1ccc(Cl)cc1)c1ccc([N+](=O)[O-])cc1S(=O)(=O)N1CCCC1. The van der Waals surface area contributed by atoms with Gasteiger partial charge in [0.1, 0.15) is 4.90 Å². The molecule has 3 rings (SSSR count). The molecule has 0 bridgehead atoms. The quantitative estimate of drug-likeness (QED) is 0.537. The summed E-state index contributed by atoms with van der Waals surface area (Å²) in [5, 5.41) is 11.8. The third-order valence-corrected chi connectivity index (χ3v) is 6.76. The molecule has 1 aliphatic heterocycles. The number of nitro groups is 1. The Bertz CT molecular complexity index is 942. The molecule has 0 saturated carbocycles. The molecule has 7 nitrogen and oxygen atoms in total. The molecule has 0 amide bonds. The average Bonchev–Trinajstić information content (AvgIpc) is 3.18. The van der Waals surface area contributed by atoms with Crippen LogP contribution in [0.1, 0.15) is 18.4 Å². The van der Waals surface area contributed by atoms with E-state index in [9.17, 15) is 18.5 Å². The third-order valence-electron chi connectivity index (χ3n) is 4.58. The molecule has 1 fully saturated rings. The Morgan fingerprint density at radius 1 is 1.15 bits per heavy atom. The summed E-state index contributed by atoms with van der Waals surface area (Å²) >= 11 is 5.91. The van der Waals surface area contributed by atoms with Gasteiger partial charge in [-0.05, 0) is 36.6 Å². The van der Waals surface area contributed by atoms with Crippen LogP contribution in [0.2, 0.25) is 5.02 Å². The molecule has 144 valence electrons. The van der Waals surface area contributed by atoms with Crippen LogP contribution >= 0.6 is 11.6 Å². The maximum atomic E-state index is 13.1. The molecule has 9 heteroatoms. The lowest BCUT2D eigenvalue weighted by molar-refractivity contribution is -0.385. The van der Waals surface area contributed by atoms with Gasteiger partial charge >= 0.3 is 0 Å². The number of rotatable bonds is 6. The van der Waals surface area contributed by atoms with Gasteiger partial charge in [-0.15, -0.1) is 0 Å². The first kappa shape index (κ1) is 19.6. The van der Waals surface area contributed by atoms with Crippen molar-refractivity contribution in [3.05, 3.63) is 63.2 Å². The summed E-state index contributed by atoms with van der Waals surface area (Å²) in [6.07, 6.45) is 1.59. The van der Waals surface area contributed by atoms with E-state index in [1.807, 2.05) is 12.1 Å². The summed E-state index contributed by atoms with van der Waals surface area (Å²) in [4.78, 5) is 12.3. The van der Waals surface area contributed by atoms with Crippen molar-refractivity contribution in [1.29, 1.82) is 0 Å². The van der Waals surface area contributed by atoms with Crippen molar-refractivity contribution in [2.24, 2.45) is 0 Å². The molecule has 0 N–H and O–H groups in total. The lowest BCUT2D eigenvalue weighted by atomic mass is 10.2. The Morgan fingerprint density at radius 2 is 1.78 bits per heavy atom. The number of nitro benzene ring substituents is 1. The van der Waals surface area contributed by atoms with Crippen LogP contribution in [0, 0.1) is 10.1 Å². The molecule has 1 heterocycles. The summed E-state index contributed by atoms with van der Waals surface area (Å²) in [5.41, 5.74) is 1.14. The van der Waals surface area contributed by atoms with Crippen LogP contribution in [0.3, 0.4) is 0 Å². The molecule has 0 aliphatic carbocycles. The minimum absolute atomic E-state index is 0.0323. The zero-order valence-electron chi connectivity index (χ0n) is 14.8. The van der Waals surface area contributed by atoms with Crippen LogP contribution < -0.4 is 4.90 Å². The number of sulfonamides is 1. The van der Waals surface area contributed by atoms with Crippen LogP contribution in [-0.2, 0) is 16.6 Å². The molecule has 2 aromatic carbocycles. The van der Waals surface area contributed by atoms with Crippen LogP contribution in [0.4, 0.5) is 11.4 Å². The van der Waals surface area contributed by atoms with Gasteiger partial charge in [0, 0.05) is 43.8 Å². The number of hydrogen-bond donors (Lipinski definition) is 0. The number of non-ortho nitro benzene ring substituents is 1. The summed E-state index contributed by atoms with van der Waals surface area (Å²) in [6, 6.07) is 11.2. The lowest BCUT2D eigenvalue weighted by Gasteiger charge is -2.24. The molecular formula is C18H20ClN3O4S. The minimum Gasteiger partial charge on any atom is -0.369 e.